The van der Waals surface area contributed by atoms with Gasteiger partial charge in [0.15, 0.2) is 0 Å². The highest BCUT2D eigenvalue weighted by molar-refractivity contribution is 5.77. The van der Waals surface area contributed by atoms with Gasteiger partial charge >= 0.3 is 0 Å². The van der Waals surface area contributed by atoms with Gasteiger partial charge in [-0.1, -0.05) is 18.2 Å². The summed E-state index contributed by atoms with van der Waals surface area (Å²) in [5.74, 6) is 0. The number of anilines is 1. The van der Waals surface area contributed by atoms with E-state index in [0.29, 0.717) is 5.56 Å². The Bertz CT molecular complexity index is 813. The van der Waals surface area contributed by atoms with Crippen molar-refractivity contribution in [1.82, 2.24) is 15.1 Å². The number of likely N-dealkylation sites (tertiary alicyclic amines) is 1. The summed E-state index contributed by atoms with van der Waals surface area (Å²) < 4.78 is 0. The molecular weight excluding hydrogens is 328 g/mol. The Labute approximate surface area is 153 Å². The Morgan fingerprint density at radius 1 is 1.19 bits per heavy atom. The summed E-state index contributed by atoms with van der Waals surface area (Å²) in [6.07, 6.45) is 5.78. The number of nitrogens with zero attached hydrogens (tertiary/aromatic N) is 3. The number of aliphatic hydroxyl groups excluding tert-OH is 1. The molecule has 3 heterocycles. The number of benzene rings is 1. The molecule has 0 spiro atoms. The first kappa shape index (κ1) is 17.2. The van der Waals surface area contributed by atoms with Gasteiger partial charge in [-0.15, -0.1) is 0 Å². The van der Waals surface area contributed by atoms with Crippen molar-refractivity contribution in [2.24, 2.45) is 0 Å². The Hall–Kier alpha value is -2.18. The highest BCUT2D eigenvalue weighted by atomic mass is 16.3. The second-order valence-electron chi connectivity index (χ2n) is 7.39. The number of aromatic amines is 1. The number of nitrogens with one attached hydrogen (secondary N) is 1. The van der Waals surface area contributed by atoms with Crippen LogP contribution in [0.25, 0.3) is 11.1 Å². The Morgan fingerprint density at radius 3 is 2.85 bits per heavy atom. The van der Waals surface area contributed by atoms with Crippen LogP contribution in [0.2, 0.25) is 0 Å². The number of β-amino-alcohol motifs (C(OH)–C–C–N with tert-alkyl or cyclic N) is 1. The zero-order valence-corrected chi connectivity index (χ0v) is 15.0. The summed E-state index contributed by atoms with van der Waals surface area (Å²) in [4.78, 5) is 17.1. The third kappa shape index (κ3) is 3.66. The zero-order chi connectivity index (χ0) is 17.9. The fraction of sp³-hybridized carbons (Fsp3) is 0.500. The predicted molar refractivity (Wildman–Crippen MR) is 102 cm³/mol. The summed E-state index contributed by atoms with van der Waals surface area (Å²) in [5.41, 5.74) is 3.60. The largest absolute Gasteiger partial charge is 0.392 e. The van der Waals surface area contributed by atoms with Crippen LogP contribution in [0.3, 0.4) is 0 Å². The molecule has 138 valence electrons. The van der Waals surface area contributed by atoms with Crippen LogP contribution in [0, 0.1) is 0 Å². The number of piperidine rings is 1. The van der Waals surface area contributed by atoms with Gasteiger partial charge < -0.3 is 10.0 Å². The van der Waals surface area contributed by atoms with Gasteiger partial charge in [-0.3, -0.25) is 9.69 Å². The first-order valence-corrected chi connectivity index (χ1v) is 9.53. The lowest BCUT2D eigenvalue weighted by molar-refractivity contribution is 0.0668. The van der Waals surface area contributed by atoms with Crippen LogP contribution in [-0.4, -0.2) is 52.5 Å². The molecule has 0 bridgehead atoms. The Balaban J connectivity index is 1.63. The quantitative estimate of drug-likeness (QED) is 0.879. The van der Waals surface area contributed by atoms with Crippen molar-refractivity contribution in [1.29, 1.82) is 0 Å². The molecule has 2 aromatic rings. The number of aromatic nitrogens is 2. The average Bonchev–Trinajstić information content (AvgIpc) is 3.16. The molecule has 0 amide bonds. The normalized spacial score (nSPS) is 21.3. The van der Waals surface area contributed by atoms with E-state index < -0.39 is 0 Å². The Kier molecular flexibility index (Phi) is 5.04. The van der Waals surface area contributed by atoms with Gasteiger partial charge in [0.05, 0.1) is 23.6 Å². The van der Waals surface area contributed by atoms with Gasteiger partial charge in [0, 0.05) is 26.2 Å². The van der Waals surface area contributed by atoms with E-state index in [4.69, 9.17) is 0 Å². The van der Waals surface area contributed by atoms with Gasteiger partial charge in [0.1, 0.15) is 0 Å². The minimum Gasteiger partial charge on any atom is -0.392 e. The fourth-order valence-electron chi connectivity index (χ4n) is 4.12. The summed E-state index contributed by atoms with van der Waals surface area (Å²) in [6, 6.07) is 8.21. The molecule has 6 nitrogen and oxygen atoms in total. The zero-order valence-electron chi connectivity index (χ0n) is 15.0. The van der Waals surface area contributed by atoms with Gasteiger partial charge in [0.2, 0.25) is 0 Å². The fourth-order valence-corrected chi connectivity index (χ4v) is 4.12. The SMILES string of the molecule is O=c1[nH]ncc(N2CCCC2)c1-c1cccc(CN2CCCC(O)C2)c1. The van der Waals surface area contributed by atoms with Gasteiger partial charge in [0.25, 0.3) is 5.56 Å². The molecule has 2 aliphatic heterocycles. The molecule has 2 saturated heterocycles. The summed E-state index contributed by atoms with van der Waals surface area (Å²) >= 11 is 0. The average molecular weight is 354 g/mol. The van der Waals surface area contributed by atoms with E-state index in [0.717, 1.165) is 69.7 Å². The van der Waals surface area contributed by atoms with Crippen molar-refractivity contribution in [2.75, 3.05) is 31.1 Å². The minimum atomic E-state index is -0.225. The summed E-state index contributed by atoms with van der Waals surface area (Å²) in [7, 11) is 0. The van der Waals surface area contributed by atoms with Gasteiger partial charge in [-0.2, -0.15) is 5.10 Å². The summed E-state index contributed by atoms with van der Waals surface area (Å²) in [6.45, 7) is 4.48. The molecule has 0 aliphatic carbocycles. The number of H-pyrrole nitrogens is 1. The monoisotopic (exact) mass is 354 g/mol. The van der Waals surface area contributed by atoms with Crippen molar-refractivity contribution in [3.8, 4) is 11.1 Å². The molecule has 2 aliphatic rings. The van der Waals surface area contributed by atoms with Crippen molar-refractivity contribution in [3.05, 3.63) is 46.4 Å². The van der Waals surface area contributed by atoms with E-state index >= 15 is 0 Å². The molecule has 1 atom stereocenters. The Morgan fingerprint density at radius 2 is 2.04 bits per heavy atom. The first-order chi connectivity index (χ1) is 12.7. The molecule has 1 aromatic carbocycles. The number of hydrogen-bond acceptors (Lipinski definition) is 5. The molecule has 1 unspecified atom stereocenters. The maximum Gasteiger partial charge on any atom is 0.274 e. The molecule has 6 heteroatoms. The molecule has 26 heavy (non-hydrogen) atoms. The third-order valence-electron chi connectivity index (χ3n) is 5.39. The van der Waals surface area contributed by atoms with Gasteiger partial charge in [-0.05, 0) is 49.4 Å². The van der Waals surface area contributed by atoms with Gasteiger partial charge in [-0.25, -0.2) is 5.10 Å². The maximum atomic E-state index is 12.6. The standard InChI is InChI=1S/C20H26N4O2/c25-17-7-4-8-23(14-17)13-15-5-3-6-16(11-15)19-18(12-21-22-20(19)26)24-9-1-2-10-24/h3,5-6,11-12,17,25H,1-2,4,7-10,13-14H2,(H,22,26). The van der Waals surface area contributed by atoms with E-state index in [1.165, 1.54) is 5.56 Å². The van der Waals surface area contributed by atoms with Crippen LogP contribution >= 0.6 is 0 Å². The van der Waals surface area contributed by atoms with Crippen LogP contribution in [-0.2, 0) is 6.54 Å². The van der Waals surface area contributed by atoms with E-state index in [1.807, 2.05) is 12.1 Å². The maximum absolute atomic E-state index is 12.6. The van der Waals surface area contributed by atoms with Crippen LogP contribution in [0.1, 0.15) is 31.2 Å². The third-order valence-corrected chi connectivity index (χ3v) is 5.39. The van der Waals surface area contributed by atoms with Crippen molar-refractivity contribution in [2.45, 2.75) is 38.3 Å². The van der Waals surface area contributed by atoms with E-state index in [9.17, 15) is 9.90 Å². The molecule has 2 N–H and O–H groups in total. The van der Waals surface area contributed by atoms with Crippen molar-refractivity contribution >= 4 is 5.69 Å². The minimum absolute atomic E-state index is 0.139. The van der Waals surface area contributed by atoms with Crippen LogP contribution in [0.4, 0.5) is 5.69 Å². The highest BCUT2D eigenvalue weighted by Crippen LogP contribution is 2.30. The first-order valence-electron chi connectivity index (χ1n) is 9.53. The van der Waals surface area contributed by atoms with Crippen LogP contribution < -0.4 is 10.5 Å². The van der Waals surface area contributed by atoms with Crippen molar-refractivity contribution < 1.29 is 5.11 Å². The molecule has 1 aromatic heterocycles. The lowest BCUT2D eigenvalue weighted by Crippen LogP contribution is -2.37. The highest BCUT2D eigenvalue weighted by Gasteiger charge is 2.21. The second-order valence-corrected chi connectivity index (χ2v) is 7.39. The second kappa shape index (κ2) is 7.60. The lowest BCUT2D eigenvalue weighted by Gasteiger charge is -2.30. The molecule has 2 fully saturated rings. The lowest BCUT2D eigenvalue weighted by atomic mass is 10.0. The van der Waals surface area contributed by atoms with E-state index in [-0.39, 0.29) is 11.7 Å². The smallest absolute Gasteiger partial charge is 0.274 e. The molecular formula is C20H26N4O2. The number of rotatable bonds is 4. The molecule has 0 radical (unpaired) electrons. The molecule has 0 saturated carbocycles. The molecule has 4 rings (SSSR count). The number of hydrogen-bond donors (Lipinski definition) is 2. The topological polar surface area (TPSA) is 72.5 Å². The predicted octanol–water partition coefficient (Wildman–Crippen LogP) is 1.99. The van der Waals surface area contributed by atoms with E-state index in [2.05, 4.69) is 32.1 Å². The van der Waals surface area contributed by atoms with Crippen molar-refractivity contribution in [3.63, 3.8) is 0 Å². The summed E-state index contributed by atoms with van der Waals surface area (Å²) in [5, 5.41) is 16.5. The van der Waals surface area contributed by atoms with Crippen LogP contribution in [0.5, 0.6) is 0 Å². The van der Waals surface area contributed by atoms with Crippen LogP contribution in [0.15, 0.2) is 35.3 Å². The number of aliphatic hydroxyl groups is 1. The van der Waals surface area contributed by atoms with E-state index in [1.54, 1.807) is 6.20 Å².